The Morgan fingerprint density at radius 1 is 0.488 bits per heavy atom. The average molecular weight is 651 g/mol. The summed E-state index contributed by atoms with van der Waals surface area (Å²) < 4.78 is 69.0. The van der Waals surface area contributed by atoms with Crippen LogP contribution in [0.25, 0.3) is 0 Å². The van der Waals surface area contributed by atoms with Gasteiger partial charge >= 0.3 is 29.6 Å². The first-order chi connectivity index (χ1) is 20.1. The average Bonchev–Trinajstić information content (AvgIpc) is 2.94. The fourth-order valence-electron chi connectivity index (χ4n) is 4.17. The number of ether oxygens (including phenoxy) is 6. The second kappa shape index (κ2) is 32.6. The van der Waals surface area contributed by atoms with E-state index in [-0.39, 0.29) is 73.8 Å². The summed E-state index contributed by atoms with van der Waals surface area (Å²) in [6, 6.07) is 0. The maximum Gasteiger partial charge on any atom is 1.00 e. The van der Waals surface area contributed by atoms with E-state index in [1.54, 1.807) is 0 Å². The van der Waals surface area contributed by atoms with Crippen LogP contribution in [-0.4, -0.2) is 96.8 Å². The molecule has 0 bridgehead atoms. The molecule has 0 aromatic carbocycles. The summed E-state index contributed by atoms with van der Waals surface area (Å²) in [5.74, 6) is 0. The third kappa shape index (κ3) is 37.0. The Balaban J connectivity index is 0. The van der Waals surface area contributed by atoms with Gasteiger partial charge in [-0.05, 0) is 34.1 Å². The van der Waals surface area contributed by atoms with Gasteiger partial charge in [0.15, 0.2) is 0 Å². The van der Waals surface area contributed by atoms with Crippen LogP contribution in [-0.2, 0) is 43.0 Å². The zero-order valence-corrected chi connectivity index (χ0v) is 31.2. The first kappa shape index (κ1) is 45.8. The van der Waals surface area contributed by atoms with Crippen molar-refractivity contribution in [1.82, 2.24) is 0 Å². The predicted octanol–water partition coefficient (Wildman–Crippen LogP) is 3.21. The van der Waals surface area contributed by atoms with Crippen molar-refractivity contribution >= 4 is 10.4 Å². The molecule has 0 amide bonds. The van der Waals surface area contributed by atoms with Gasteiger partial charge in [-0.2, -0.15) is 0 Å². The molecule has 0 heterocycles. The number of unbranched alkanes of at least 4 members (excludes halogenated alkanes) is 12. The van der Waals surface area contributed by atoms with Gasteiger partial charge in [0.25, 0.3) is 0 Å². The zero-order chi connectivity index (χ0) is 31.3. The maximum absolute atomic E-state index is 10.3. The molecule has 0 aromatic rings. The number of hydrogen-bond acceptors (Lipinski definition) is 10. The van der Waals surface area contributed by atoms with Crippen molar-refractivity contribution in [3.05, 3.63) is 0 Å². The molecule has 10 nitrogen and oxygen atoms in total. The molecule has 0 saturated carbocycles. The van der Waals surface area contributed by atoms with E-state index in [4.69, 9.17) is 28.4 Å². The molecule has 254 valence electrons. The van der Waals surface area contributed by atoms with Crippen molar-refractivity contribution in [3.63, 3.8) is 0 Å². The molecule has 0 fully saturated rings. The van der Waals surface area contributed by atoms with Crippen LogP contribution >= 0.6 is 0 Å². The molecule has 0 aliphatic heterocycles. The van der Waals surface area contributed by atoms with E-state index in [1.807, 2.05) is 27.7 Å². The van der Waals surface area contributed by atoms with Crippen molar-refractivity contribution in [3.8, 4) is 0 Å². The third-order valence-electron chi connectivity index (χ3n) is 6.68. The van der Waals surface area contributed by atoms with Crippen LogP contribution in [0.15, 0.2) is 0 Å². The minimum absolute atomic E-state index is 0. The van der Waals surface area contributed by atoms with E-state index in [2.05, 4.69) is 11.1 Å². The Morgan fingerprint density at radius 2 is 0.884 bits per heavy atom. The Morgan fingerprint density at radius 3 is 1.35 bits per heavy atom. The van der Waals surface area contributed by atoms with Gasteiger partial charge < -0.3 is 33.0 Å². The van der Waals surface area contributed by atoms with E-state index in [0.717, 1.165) is 13.0 Å². The number of hydrogen-bond donors (Lipinski definition) is 0. The molecule has 12 heteroatoms. The summed E-state index contributed by atoms with van der Waals surface area (Å²) in [5, 5.41) is 0. The van der Waals surface area contributed by atoms with E-state index < -0.39 is 10.4 Å². The molecule has 0 aliphatic rings. The largest absolute Gasteiger partial charge is 1.00 e. The van der Waals surface area contributed by atoms with Crippen molar-refractivity contribution in [2.75, 3.05) is 59.5 Å². The molecule has 0 aliphatic carbocycles. The van der Waals surface area contributed by atoms with Crippen LogP contribution in [0.3, 0.4) is 0 Å². The standard InChI is InChI=1S/C31H64O10S.Na/c1-6-7-8-9-10-11-12-13-14-15-16-17-18-19-36-24-28(2)38-26-30(4)40-27-31(5)39-25-29(3)37-22-20-35-21-23-41-42(32,33)34;/h28-31H,6-27H2,1-5H3,(H,32,33,34);/q;+1/p-1. The molecule has 4 unspecified atom stereocenters. The first-order valence-electron chi connectivity index (χ1n) is 16.4. The van der Waals surface area contributed by atoms with Crippen molar-refractivity contribution < 1.29 is 75.1 Å². The maximum atomic E-state index is 10.3. The molecule has 0 rings (SSSR count). The van der Waals surface area contributed by atoms with Crippen molar-refractivity contribution in [1.29, 1.82) is 0 Å². The summed E-state index contributed by atoms with van der Waals surface area (Å²) >= 11 is 0. The van der Waals surface area contributed by atoms with E-state index >= 15 is 0 Å². The van der Waals surface area contributed by atoms with Gasteiger partial charge in [0.05, 0.1) is 77.3 Å². The van der Waals surface area contributed by atoms with Gasteiger partial charge in [-0.15, -0.1) is 0 Å². The molecular formula is C31H63NaO10S. The van der Waals surface area contributed by atoms with Crippen molar-refractivity contribution in [2.24, 2.45) is 0 Å². The van der Waals surface area contributed by atoms with Gasteiger partial charge in [-0.3, -0.25) is 4.18 Å². The van der Waals surface area contributed by atoms with Gasteiger partial charge in [0.2, 0.25) is 10.4 Å². The van der Waals surface area contributed by atoms with Gasteiger partial charge in [0.1, 0.15) is 0 Å². The quantitative estimate of drug-likeness (QED) is 0.0453. The SMILES string of the molecule is CCCCCCCCCCCCCCCOCC(C)OCC(C)OCC(C)OCC(C)OCCOCCOS(=O)(=O)[O-].[Na+]. The van der Waals surface area contributed by atoms with Gasteiger partial charge in [-0.1, -0.05) is 84.0 Å². The minimum Gasteiger partial charge on any atom is -0.726 e. The van der Waals surface area contributed by atoms with Crippen LogP contribution < -0.4 is 29.6 Å². The summed E-state index contributed by atoms with van der Waals surface area (Å²) in [6.45, 7) is 13.1. The van der Waals surface area contributed by atoms with Crippen LogP contribution in [0.1, 0.15) is 118 Å². The van der Waals surface area contributed by atoms with Crippen LogP contribution in [0, 0.1) is 0 Å². The topological polar surface area (TPSA) is 122 Å². The second-order valence-corrected chi connectivity index (χ2v) is 12.3. The molecule has 0 spiro atoms. The third-order valence-corrected chi connectivity index (χ3v) is 7.13. The van der Waals surface area contributed by atoms with Crippen molar-refractivity contribution in [2.45, 2.75) is 143 Å². The van der Waals surface area contributed by atoms with Gasteiger partial charge in [0, 0.05) is 6.61 Å². The summed E-state index contributed by atoms with van der Waals surface area (Å²) in [4.78, 5) is 0. The van der Waals surface area contributed by atoms with E-state index in [0.29, 0.717) is 33.0 Å². The van der Waals surface area contributed by atoms with Crippen LogP contribution in [0.5, 0.6) is 0 Å². The fraction of sp³-hybridized carbons (Fsp3) is 1.00. The summed E-state index contributed by atoms with van der Waals surface area (Å²) in [6.07, 6.45) is 17.3. The second-order valence-electron chi connectivity index (χ2n) is 11.3. The van der Waals surface area contributed by atoms with Crippen LogP contribution in [0.4, 0.5) is 0 Å². The Labute approximate surface area is 286 Å². The monoisotopic (exact) mass is 650 g/mol. The number of rotatable bonds is 33. The summed E-state index contributed by atoms with van der Waals surface area (Å²) in [5.41, 5.74) is 0. The molecule has 43 heavy (non-hydrogen) atoms. The Bertz CT molecular complexity index is 671. The zero-order valence-electron chi connectivity index (χ0n) is 28.4. The molecule has 0 aromatic heterocycles. The molecule has 0 N–H and O–H groups in total. The van der Waals surface area contributed by atoms with E-state index in [1.165, 1.54) is 77.0 Å². The normalized spacial score (nSPS) is 14.7. The Kier molecular flexibility index (Phi) is 34.6. The first-order valence-corrected chi connectivity index (χ1v) is 17.7. The molecule has 4 atom stereocenters. The van der Waals surface area contributed by atoms with Crippen LogP contribution in [0.2, 0.25) is 0 Å². The minimum atomic E-state index is -4.68. The Hall–Kier alpha value is 0.630. The van der Waals surface area contributed by atoms with E-state index in [9.17, 15) is 13.0 Å². The molecular weight excluding hydrogens is 587 g/mol. The predicted molar refractivity (Wildman–Crippen MR) is 165 cm³/mol. The van der Waals surface area contributed by atoms with Gasteiger partial charge in [-0.25, -0.2) is 8.42 Å². The smallest absolute Gasteiger partial charge is 0.726 e. The fourth-order valence-corrected chi connectivity index (χ4v) is 4.44. The summed E-state index contributed by atoms with van der Waals surface area (Å²) in [7, 11) is -4.68. The molecule has 0 saturated heterocycles. The molecule has 0 radical (unpaired) electrons.